The Labute approximate surface area is 198 Å². The predicted octanol–water partition coefficient (Wildman–Crippen LogP) is 5.05. The molecular formula is C25H25N3O3S2. The van der Waals surface area contributed by atoms with Crippen LogP contribution in [0.2, 0.25) is 0 Å². The van der Waals surface area contributed by atoms with Gasteiger partial charge in [0.25, 0.3) is 0 Å². The number of carbonyl (C=O) groups excluding carboxylic acids is 1. The molecule has 0 aliphatic rings. The summed E-state index contributed by atoms with van der Waals surface area (Å²) in [7, 11) is -3.93. The molecule has 1 amide bonds. The summed E-state index contributed by atoms with van der Waals surface area (Å²) in [5.74, 6) is -0.403. The third-order valence-corrected chi connectivity index (χ3v) is 8.24. The first-order chi connectivity index (χ1) is 15.7. The van der Waals surface area contributed by atoms with E-state index in [1.807, 2.05) is 61.5 Å². The molecular weight excluding hydrogens is 454 g/mol. The molecule has 4 rings (SSSR count). The molecule has 0 saturated carbocycles. The normalized spacial score (nSPS) is 11.8. The lowest BCUT2D eigenvalue weighted by atomic mass is 10.1. The highest BCUT2D eigenvalue weighted by molar-refractivity contribution is 7.89. The SMILES string of the molecule is Cc1cc(C)c(S(=O)(=O)N(CC(=O)Nc2ccc3sncc3c2)Cc2ccccc2)c(C)c1. The summed E-state index contributed by atoms with van der Waals surface area (Å²) < 4.78 is 33.9. The van der Waals surface area contributed by atoms with Crippen LogP contribution in [0.25, 0.3) is 10.1 Å². The fourth-order valence-electron chi connectivity index (χ4n) is 4.03. The van der Waals surface area contributed by atoms with Gasteiger partial charge in [-0.15, -0.1) is 0 Å². The minimum atomic E-state index is -3.93. The number of amides is 1. The molecule has 0 fully saturated rings. The van der Waals surface area contributed by atoms with Crippen molar-refractivity contribution in [3.63, 3.8) is 0 Å². The summed E-state index contributed by atoms with van der Waals surface area (Å²) in [6.45, 7) is 5.31. The minimum absolute atomic E-state index is 0.0941. The highest BCUT2D eigenvalue weighted by atomic mass is 32.2. The maximum Gasteiger partial charge on any atom is 0.244 e. The maximum atomic E-state index is 13.8. The molecule has 3 aromatic carbocycles. The van der Waals surface area contributed by atoms with Crippen molar-refractivity contribution in [2.45, 2.75) is 32.2 Å². The average molecular weight is 480 g/mol. The van der Waals surface area contributed by atoms with Crippen LogP contribution in [0.3, 0.4) is 0 Å². The van der Waals surface area contributed by atoms with E-state index < -0.39 is 15.9 Å². The molecule has 0 radical (unpaired) electrons. The fraction of sp³-hybridized carbons (Fsp3) is 0.200. The van der Waals surface area contributed by atoms with Crippen LogP contribution in [0.5, 0.6) is 0 Å². The number of aromatic nitrogens is 1. The molecule has 0 atom stereocenters. The Morgan fingerprint density at radius 2 is 1.70 bits per heavy atom. The molecule has 0 spiro atoms. The van der Waals surface area contributed by atoms with E-state index in [0.717, 1.165) is 21.2 Å². The number of anilines is 1. The summed E-state index contributed by atoms with van der Waals surface area (Å²) in [5, 5.41) is 3.76. The van der Waals surface area contributed by atoms with Crippen LogP contribution in [-0.4, -0.2) is 29.5 Å². The Hall–Kier alpha value is -3.07. The highest BCUT2D eigenvalue weighted by Gasteiger charge is 2.30. The number of hydrogen-bond donors (Lipinski definition) is 1. The van der Waals surface area contributed by atoms with Crippen molar-refractivity contribution in [2.24, 2.45) is 0 Å². The van der Waals surface area contributed by atoms with Gasteiger partial charge in [-0.05, 0) is 67.2 Å². The number of sulfonamides is 1. The summed E-state index contributed by atoms with van der Waals surface area (Å²) in [4.78, 5) is 13.2. The number of aryl methyl sites for hydroxylation is 3. The molecule has 6 nitrogen and oxygen atoms in total. The van der Waals surface area contributed by atoms with Crippen molar-refractivity contribution in [3.05, 3.63) is 89.1 Å². The third-order valence-electron chi connectivity index (χ3n) is 5.36. The number of benzene rings is 3. The van der Waals surface area contributed by atoms with Crippen molar-refractivity contribution in [1.29, 1.82) is 0 Å². The van der Waals surface area contributed by atoms with Gasteiger partial charge in [-0.2, -0.15) is 8.68 Å². The lowest BCUT2D eigenvalue weighted by molar-refractivity contribution is -0.116. The number of rotatable bonds is 7. The van der Waals surface area contributed by atoms with Crippen molar-refractivity contribution in [1.82, 2.24) is 8.68 Å². The van der Waals surface area contributed by atoms with Crippen LogP contribution >= 0.6 is 11.5 Å². The van der Waals surface area contributed by atoms with E-state index in [1.165, 1.54) is 15.8 Å². The Morgan fingerprint density at radius 3 is 2.39 bits per heavy atom. The monoisotopic (exact) mass is 479 g/mol. The van der Waals surface area contributed by atoms with Crippen LogP contribution in [0.1, 0.15) is 22.3 Å². The van der Waals surface area contributed by atoms with Gasteiger partial charge >= 0.3 is 0 Å². The van der Waals surface area contributed by atoms with Crippen LogP contribution in [0.4, 0.5) is 5.69 Å². The van der Waals surface area contributed by atoms with Crippen molar-refractivity contribution >= 4 is 43.2 Å². The molecule has 0 unspecified atom stereocenters. The van der Waals surface area contributed by atoms with Crippen LogP contribution in [0.15, 0.2) is 71.8 Å². The van der Waals surface area contributed by atoms with E-state index in [2.05, 4.69) is 9.69 Å². The van der Waals surface area contributed by atoms with Crippen LogP contribution in [-0.2, 0) is 21.4 Å². The Kier molecular flexibility index (Phi) is 6.60. The van der Waals surface area contributed by atoms with Gasteiger partial charge in [0.1, 0.15) is 0 Å². The van der Waals surface area contributed by atoms with Gasteiger partial charge < -0.3 is 5.32 Å². The fourth-order valence-corrected chi connectivity index (χ4v) is 6.45. The summed E-state index contributed by atoms with van der Waals surface area (Å²) in [6, 6.07) is 18.5. The Morgan fingerprint density at radius 1 is 1.00 bits per heavy atom. The van der Waals surface area contributed by atoms with Crippen molar-refractivity contribution in [2.75, 3.05) is 11.9 Å². The third kappa shape index (κ3) is 5.13. The maximum absolute atomic E-state index is 13.8. The topological polar surface area (TPSA) is 79.4 Å². The predicted molar refractivity (Wildman–Crippen MR) is 133 cm³/mol. The molecule has 33 heavy (non-hydrogen) atoms. The molecule has 0 aliphatic carbocycles. The largest absolute Gasteiger partial charge is 0.325 e. The first-order valence-electron chi connectivity index (χ1n) is 10.5. The van der Waals surface area contributed by atoms with E-state index >= 15 is 0 Å². The average Bonchev–Trinajstić information content (AvgIpc) is 3.21. The van der Waals surface area contributed by atoms with Gasteiger partial charge in [-0.1, -0.05) is 48.0 Å². The molecule has 0 saturated heterocycles. The second kappa shape index (κ2) is 9.43. The quantitative estimate of drug-likeness (QED) is 0.402. The Bertz CT molecular complexity index is 1390. The molecule has 0 bridgehead atoms. The zero-order chi connectivity index (χ0) is 23.6. The van der Waals surface area contributed by atoms with Gasteiger partial charge in [0.2, 0.25) is 15.9 Å². The molecule has 4 aromatic rings. The first-order valence-corrected chi connectivity index (χ1v) is 12.7. The van der Waals surface area contributed by atoms with Crippen molar-refractivity contribution < 1.29 is 13.2 Å². The van der Waals surface area contributed by atoms with Gasteiger partial charge in [0.15, 0.2) is 0 Å². The number of nitrogens with zero attached hydrogens (tertiary/aromatic N) is 2. The van der Waals surface area contributed by atoms with Gasteiger partial charge in [-0.25, -0.2) is 8.42 Å². The second-order valence-corrected chi connectivity index (χ2v) is 10.8. The summed E-state index contributed by atoms with van der Waals surface area (Å²) >= 11 is 1.38. The number of nitrogens with one attached hydrogen (secondary N) is 1. The van der Waals surface area contributed by atoms with Gasteiger partial charge in [0.05, 0.1) is 16.1 Å². The zero-order valence-electron chi connectivity index (χ0n) is 18.7. The van der Waals surface area contributed by atoms with Crippen LogP contribution in [0, 0.1) is 20.8 Å². The molecule has 170 valence electrons. The number of fused-ring (bicyclic) bond motifs is 1. The van der Waals surface area contributed by atoms with Crippen molar-refractivity contribution in [3.8, 4) is 0 Å². The van der Waals surface area contributed by atoms with Crippen LogP contribution < -0.4 is 5.32 Å². The molecule has 1 aromatic heterocycles. The standard InChI is InChI=1S/C25H25N3O3S2/c1-17-11-18(2)25(19(3)12-17)33(30,31)28(15-20-7-5-4-6-8-20)16-24(29)27-22-9-10-23-21(13-22)14-26-32-23/h4-14H,15-16H2,1-3H3,(H,27,29). The zero-order valence-corrected chi connectivity index (χ0v) is 20.3. The molecule has 0 aliphatic heterocycles. The first kappa shape index (κ1) is 23.1. The molecule has 1 N–H and O–H groups in total. The van der Waals surface area contributed by atoms with E-state index in [-0.39, 0.29) is 18.0 Å². The van der Waals surface area contributed by atoms with E-state index in [1.54, 1.807) is 26.1 Å². The molecule has 8 heteroatoms. The van der Waals surface area contributed by atoms with Gasteiger partial charge in [0, 0.05) is 23.8 Å². The smallest absolute Gasteiger partial charge is 0.244 e. The molecule has 1 heterocycles. The lowest BCUT2D eigenvalue weighted by Gasteiger charge is -2.24. The number of hydrogen-bond acceptors (Lipinski definition) is 5. The lowest BCUT2D eigenvalue weighted by Crippen LogP contribution is -2.38. The highest BCUT2D eigenvalue weighted by Crippen LogP contribution is 2.27. The van der Waals surface area contributed by atoms with E-state index in [4.69, 9.17) is 0 Å². The minimum Gasteiger partial charge on any atom is -0.325 e. The van der Waals surface area contributed by atoms with Gasteiger partial charge in [-0.3, -0.25) is 4.79 Å². The summed E-state index contributed by atoms with van der Waals surface area (Å²) in [5.41, 5.74) is 3.74. The van der Waals surface area contributed by atoms with E-state index in [9.17, 15) is 13.2 Å². The number of carbonyl (C=O) groups is 1. The van der Waals surface area contributed by atoms with E-state index in [0.29, 0.717) is 16.8 Å². The summed E-state index contributed by atoms with van der Waals surface area (Å²) in [6.07, 6.45) is 1.74. The second-order valence-electron chi connectivity index (χ2n) is 8.11. The Balaban J connectivity index is 1.65.